The van der Waals surface area contributed by atoms with Gasteiger partial charge in [-0.2, -0.15) is 0 Å². The zero-order valence-electron chi connectivity index (χ0n) is 15.9. The summed E-state index contributed by atoms with van der Waals surface area (Å²) in [6, 6.07) is 18.0. The molecule has 1 heterocycles. The first kappa shape index (κ1) is 19.1. The van der Waals surface area contributed by atoms with E-state index in [9.17, 15) is 9.59 Å². The molecule has 0 unspecified atom stereocenters. The highest BCUT2D eigenvalue weighted by atomic mass is 16.2. The number of benzene rings is 2. The zero-order chi connectivity index (χ0) is 19.1. The van der Waals surface area contributed by atoms with Crippen LogP contribution < -0.4 is 5.32 Å². The average Bonchev–Trinajstić information content (AvgIpc) is 2.92. The number of amides is 2. The lowest BCUT2D eigenvalue weighted by molar-refractivity contribution is -0.119. The molecule has 1 fully saturated rings. The average molecular weight is 365 g/mol. The molecule has 5 heteroatoms. The molecule has 1 N–H and O–H groups in total. The van der Waals surface area contributed by atoms with Gasteiger partial charge >= 0.3 is 0 Å². The van der Waals surface area contributed by atoms with Crippen LogP contribution in [0.3, 0.4) is 0 Å². The van der Waals surface area contributed by atoms with Gasteiger partial charge < -0.3 is 10.2 Å². The van der Waals surface area contributed by atoms with Gasteiger partial charge in [0.1, 0.15) is 0 Å². The summed E-state index contributed by atoms with van der Waals surface area (Å²) < 4.78 is 0. The highest BCUT2D eigenvalue weighted by Crippen LogP contribution is 2.13. The summed E-state index contributed by atoms with van der Waals surface area (Å²) in [5, 5.41) is 2.77. The number of carbonyl (C=O) groups excluding carboxylic acids is 2. The molecule has 2 amide bonds. The van der Waals surface area contributed by atoms with Crippen molar-refractivity contribution in [1.82, 2.24) is 15.1 Å². The summed E-state index contributed by atoms with van der Waals surface area (Å²) in [6.45, 7) is 6.35. The van der Waals surface area contributed by atoms with E-state index in [1.807, 2.05) is 35.2 Å². The van der Waals surface area contributed by atoms with E-state index in [1.165, 1.54) is 12.5 Å². The lowest BCUT2D eigenvalue weighted by Gasteiger charge is -2.22. The van der Waals surface area contributed by atoms with Gasteiger partial charge in [-0.1, -0.05) is 42.5 Å². The van der Waals surface area contributed by atoms with Gasteiger partial charge in [-0.3, -0.25) is 14.5 Å². The fourth-order valence-corrected chi connectivity index (χ4v) is 3.35. The van der Waals surface area contributed by atoms with E-state index in [4.69, 9.17) is 0 Å². The maximum absolute atomic E-state index is 12.8. The first-order valence-electron chi connectivity index (χ1n) is 9.51. The number of nitrogens with one attached hydrogen (secondary N) is 1. The molecule has 0 saturated carbocycles. The molecule has 2 aromatic rings. The van der Waals surface area contributed by atoms with Crippen molar-refractivity contribution in [3.05, 3.63) is 71.3 Å². The van der Waals surface area contributed by atoms with Gasteiger partial charge in [0, 0.05) is 51.8 Å². The molecule has 0 atom stereocenters. The Hall–Kier alpha value is -2.66. The summed E-state index contributed by atoms with van der Waals surface area (Å²) >= 11 is 0. The number of nitrogens with zero attached hydrogens (tertiary/aromatic N) is 2. The van der Waals surface area contributed by atoms with Gasteiger partial charge in [-0.15, -0.1) is 0 Å². The molecule has 1 aliphatic heterocycles. The van der Waals surface area contributed by atoms with Crippen LogP contribution in [0.4, 0.5) is 0 Å². The Kier molecular flexibility index (Phi) is 6.60. The lowest BCUT2D eigenvalue weighted by Crippen LogP contribution is -2.35. The second-order valence-electron chi connectivity index (χ2n) is 7.01. The van der Waals surface area contributed by atoms with Crippen molar-refractivity contribution >= 4 is 11.8 Å². The maximum atomic E-state index is 12.8. The zero-order valence-corrected chi connectivity index (χ0v) is 15.9. The lowest BCUT2D eigenvalue weighted by atomic mass is 10.1. The molecular formula is C22H27N3O2. The molecule has 142 valence electrons. The molecule has 0 aliphatic carbocycles. The SMILES string of the molecule is CC(=O)NCc1ccc(C(=O)N2CCCN(Cc3ccccc3)CC2)cc1. The molecule has 2 aromatic carbocycles. The van der Waals surface area contributed by atoms with E-state index < -0.39 is 0 Å². The minimum absolute atomic E-state index is 0.0558. The van der Waals surface area contributed by atoms with Crippen LogP contribution in [-0.2, 0) is 17.9 Å². The highest BCUT2D eigenvalue weighted by molar-refractivity contribution is 5.94. The molecule has 5 nitrogen and oxygen atoms in total. The smallest absolute Gasteiger partial charge is 0.253 e. The van der Waals surface area contributed by atoms with Crippen LogP contribution >= 0.6 is 0 Å². The molecule has 0 aromatic heterocycles. The molecule has 0 spiro atoms. The van der Waals surface area contributed by atoms with E-state index >= 15 is 0 Å². The van der Waals surface area contributed by atoms with E-state index in [0.29, 0.717) is 12.1 Å². The largest absolute Gasteiger partial charge is 0.352 e. The second-order valence-corrected chi connectivity index (χ2v) is 7.01. The van der Waals surface area contributed by atoms with Crippen LogP contribution in [0.25, 0.3) is 0 Å². The summed E-state index contributed by atoms with van der Waals surface area (Å²) in [5.74, 6) is 0.0300. The molecule has 3 rings (SSSR count). The van der Waals surface area contributed by atoms with Crippen molar-refractivity contribution in [1.29, 1.82) is 0 Å². The van der Waals surface area contributed by atoms with Crippen LogP contribution in [-0.4, -0.2) is 47.8 Å². The van der Waals surface area contributed by atoms with Gasteiger partial charge in [0.05, 0.1) is 0 Å². The van der Waals surface area contributed by atoms with Gasteiger partial charge in [0.2, 0.25) is 5.91 Å². The molecular weight excluding hydrogens is 338 g/mol. The van der Waals surface area contributed by atoms with Crippen LogP contribution in [0, 0.1) is 0 Å². The fourth-order valence-electron chi connectivity index (χ4n) is 3.35. The van der Waals surface area contributed by atoms with E-state index in [-0.39, 0.29) is 11.8 Å². The highest BCUT2D eigenvalue weighted by Gasteiger charge is 2.20. The summed E-state index contributed by atoms with van der Waals surface area (Å²) in [5.41, 5.74) is 3.01. The van der Waals surface area contributed by atoms with Crippen molar-refractivity contribution in [2.24, 2.45) is 0 Å². The van der Waals surface area contributed by atoms with Crippen LogP contribution in [0.2, 0.25) is 0 Å². The van der Waals surface area contributed by atoms with Gasteiger partial charge in [0.25, 0.3) is 5.91 Å². The number of carbonyl (C=O) groups is 2. The molecule has 0 bridgehead atoms. The molecule has 1 saturated heterocycles. The number of rotatable bonds is 5. The van der Waals surface area contributed by atoms with E-state index in [0.717, 1.165) is 44.7 Å². The Morgan fingerprint density at radius 3 is 2.33 bits per heavy atom. The van der Waals surface area contributed by atoms with E-state index in [1.54, 1.807) is 0 Å². The Morgan fingerprint density at radius 1 is 0.889 bits per heavy atom. The van der Waals surface area contributed by atoms with Crippen LogP contribution in [0.5, 0.6) is 0 Å². The number of hydrogen-bond donors (Lipinski definition) is 1. The summed E-state index contributed by atoms with van der Waals surface area (Å²) in [7, 11) is 0. The van der Waals surface area contributed by atoms with Crippen molar-refractivity contribution in [2.45, 2.75) is 26.4 Å². The predicted octanol–water partition coefficient (Wildman–Crippen LogP) is 2.67. The Bertz CT molecular complexity index is 759. The molecule has 27 heavy (non-hydrogen) atoms. The second kappa shape index (κ2) is 9.33. The van der Waals surface area contributed by atoms with Crippen LogP contribution in [0.15, 0.2) is 54.6 Å². The quantitative estimate of drug-likeness (QED) is 0.886. The van der Waals surface area contributed by atoms with E-state index in [2.05, 4.69) is 34.5 Å². The summed E-state index contributed by atoms with van der Waals surface area (Å²) in [4.78, 5) is 28.2. The number of hydrogen-bond acceptors (Lipinski definition) is 3. The molecule has 0 radical (unpaired) electrons. The first-order chi connectivity index (χ1) is 13.1. The normalized spacial score (nSPS) is 15.2. The fraction of sp³-hybridized carbons (Fsp3) is 0.364. The Labute approximate surface area is 161 Å². The Morgan fingerprint density at radius 2 is 1.63 bits per heavy atom. The van der Waals surface area contributed by atoms with Gasteiger partial charge in [-0.05, 0) is 29.7 Å². The third-order valence-corrected chi connectivity index (χ3v) is 4.87. The minimum Gasteiger partial charge on any atom is -0.352 e. The predicted molar refractivity (Wildman–Crippen MR) is 106 cm³/mol. The summed E-state index contributed by atoms with van der Waals surface area (Å²) in [6.07, 6.45) is 0.985. The van der Waals surface area contributed by atoms with Crippen molar-refractivity contribution < 1.29 is 9.59 Å². The van der Waals surface area contributed by atoms with Crippen LogP contribution in [0.1, 0.15) is 34.8 Å². The monoisotopic (exact) mass is 365 g/mol. The third-order valence-electron chi connectivity index (χ3n) is 4.87. The maximum Gasteiger partial charge on any atom is 0.253 e. The van der Waals surface area contributed by atoms with Crippen molar-refractivity contribution in [2.75, 3.05) is 26.2 Å². The first-order valence-corrected chi connectivity index (χ1v) is 9.51. The Balaban J connectivity index is 1.55. The topological polar surface area (TPSA) is 52.7 Å². The minimum atomic E-state index is -0.0558. The van der Waals surface area contributed by atoms with Crippen molar-refractivity contribution in [3.63, 3.8) is 0 Å². The molecule has 1 aliphatic rings. The standard InChI is InChI=1S/C22H27N3O2/c1-18(26)23-16-19-8-10-21(11-9-19)22(27)25-13-5-12-24(14-15-25)17-20-6-3-2-4-7-20/h2-4,6-11H,5,12-17H2,1H3,(H,23,26). The van der Waals surface area contributed by atoms with Gasteiger partial charge in [0.15, 0.2) is 0 Å². The van der Waals surface area contributed by atoms with Gasteiger partial charge in [-0.25, -0.2) is 0 Å². The third kappa shape index (κ3) is 5.66. The van der Waals surface area contributed by atoms with Crippen molar-refractivity contribution in [3.8, 4) is 0 Å².